The second-order valence-electron chi connectivity index (χ2n) is 6.18. The number of esters is 1. The lowest BCUT2D eigenvalue weighted by Gasteiger charge is -2.20. The molecule has 1 fully saturated rings. The number of aromatic nitrogens is 4. The van der Waals surface area contributed by atoms with E-state index in [0.717, 1.165) is 0 Å². The van der Waals surface area contributed by atoms with Crippen LogP contribution in [0.5, 0.6) is 5.88 Å². The summed E-state index contributed by atoms with van der Waals surface area (Å²) >= 11 is 0. The molecule has 10 heteroatoms. The number of benzene rings is 1. The van der Waals surface area contributed by atoms with Crippen LogP contribution in [0.1, 0.15) is 16.6 Å². The highest BCUT2D eigenvalue weighted by Gasteiger charge is 2.47. The molecule has 10 nitrogen and oxygen atoms in total. The third-order valence-corrected chi connectivity index (χ3v) is 4.53. The number of hydrogen-bond donors (Lipinski definition) is 2. The van der Waals surface area contributed by atoms with Gasteiger partial charge in [0.1, 0.15) is 18.5 Å². The molecule has 2 N–H and O–H groups in total. The lowest BCUT2D eigenvalue weighted by atomic mass is 10.1. The Morgan fingerprint density at radius 1 is 1.25 bits per heavy atom. The van der Waals surface area contributed by atoms with Gasteiger partial charge in [-0.3, -0.25) is 4.57 Å². The molecule has 0 radical (unpaired) electrons. The van der Waals surface area contributed by atoms with E-state index >= 15 is 0 Å². The van der Waals surface area contributed by atoms with E-state index in [0.29, 0.717) is 16.7 Å². The van der Waals surface area contributed by atoms with E-state index in [1.165, 1.54) is 24.3 Å². The number of aliphatic hydroxyl groups excluding tert-OH is 2. The summed E-state index contributed by atoms with van der Waals surface area (Å²) in [6.45, 7) is -0.439. The van der Waals surface area contributed by atoms with Crippen LogP contribution in [-0.2, 0) is 9.47 Å². The zero-order valence-electron chi connectivity index (χ0n) is 14.9. The Kier molecular flexibility index (Phi) is 4.90. The molecular formula is C18H18N4O6. The third kappa shape index (κ3) is 3.07. The van der Waals surface area contributed by atoms with Crippen molar-refractivity contribution in [3.8, 4) is 5.88 Å². The zero-order chi connectivity index (χ0) is 19.7. The Hall–Kier alpha value is -3.08. The number of methoxy groups -OCH3 is 1. The number of carbonyl (C=O) groups excluding carboxylic acids is 1. The first-order chi connectivity index (χ1) is 13.6. The second-order valence-corrected chi connectivity index (χ2v) is 6.18. The van der Waals surface area contributed by atoms with E-state index in [2.05, 4.69) is 15.0 Å². The molecular weight excluding hydrogens is 368 g/mol. The Labute approximate surface area is 159 Å². The molecule has 0 bridgehead atoms. The minimum atomic E-state index is -1.25. The van der Waals surface area contributed by atoms with Crippen molar-refractivity contribution < 1.29 is 29.2 Å². The summed E-state index contributed by atoms with van der Waals surface area (Å²) in [6, 6.07) is 8.38. The van der Waals surface area contributed by atoms with Crippen LogP contribution in [0.4, 0.5) is 0 Å². The first kappa shape index (κ1) is 18.3. The summed E-state index contributed by atoms with van der Waals surface area (Å²) in [4.78, 5) is 24.7. The molecule has 1 aromatic carbocycles. The molecule has 0 aliphatic carbocycles. The summed E-state index contributed by atoms with van der Waals surface area (Å²) in [5.74, 6) is -0.339. The molecule has 1 aliphatic rings. The third-order valence-electron chi connectivity index (χ3n) is 4.53. The molecule has 1 saturated heterocycles. The average molecular weight is 386 g/mol. The van der Waals surface area contributed by atoms with Gasteiger partial charge in [-0.15, -0.1) is 0 Å². The molecule has 146 valence electrons. The van der Waals surface area contributed by atoms with Gasteiger partial charge >= 0.3 is 5.97 Å². The van der Waals surface area contributed by atoms with E-state index in [1.54, 1.807) is 30.3 Å². The summed E-state index contributed by atoms with van der Waals surface area (Å²) in [5.41, 5.74) is 1.11. The first-order valence-electron chi connectivity index (χ1n) is 8.56. The molecule has 4 rings (SSSR count). The highest BCUT2D eigenvalue weighted by atomic mass is 16.6. The topological polar surface area (TPSA) is 129 Å². The minimum Gasteiger partial charge on any atom is -0.479 e. The maximum absolute atomic E-state index is 12.4. The summed E-state index contributed by atoms with van der Waals surface area (Å²) in [6.07, 6.45) is -1.46. The predicted molar refractivity (Wildman–Crippen MR) is 94.5 cm³/mol. The second kappa shape index (κ2) is 7.50. The Morgan fingerprint density at radius 2 is 2.04 bits per heavy atom. The number of rotatable bonds is 5. The SMILES string of the molecule is COc1ncnc2c1ncn2[C@@H]1O[C@H](CO)[C@@H](OC(=O)c2ccccc2)[C@@H]1O. The van der Waals surface area contributed by atoms with Crippen LogP contribution >= 0.6 is 0 Å². The van der Waals surface area contributed by atoms with Gasteiger partial charge in [-0.05, 0) is 12.1 Å². The van der Waals surface area contributed by atoms with Crippen LogP contribution < -0.4 is 4.74 Å². The van der Waals surface area contributed by atoms with Crippen molar-refractivity contribution in [2.75, 3.05) is 13.7 Å². The van der Waals surface area contributed by atoms with Gasteiger partial charge in [0.2, 0.25) is 5.88 Å². The molecule has 3 aromatic rings. The molecule has 4 atom stereocenters. The van der Waals surface area contributed by atoms with Gasteiger partial charge in [-0.2, -0.15) is 4.98 Å². The van der Waals surface area contributed by atoms with Gasteiger partial charge in [0.25, 0.3) is 0 Å². The van der Waals surface area contributed by atoms with Crippen molar-refractivity contribution in [2.24, 2.45) is 0 Å². The average Bonchev–Trinajstić information content (AvgIpc) is 3.29. The quantitative estimate of drug-likeness (QED) is 0.595. The summed E-state index contributed by atoms with van der Waals surface area (Å²) in [7, 11) is 1.46. The molecule has 2 aromatic heterocycles. The molecule has 0 saturated carbocycles. The highest BCUT2D eigenvalue weighted by molar-refractivity contribution is 5.89. The van der Waals surface area contributed by atoms with Gasteiger partial charge < -0.3 is 24.4 Å². The molecule has 28 heavy (non-hydrogen) atoms. The molecule has 0 unspecified atom stereocenters. The fraction of sp³-hybridized carbons (Fsp3) is 0.333. The lowest BCUT2D eigenvalue weighted by molar-refractivity contribution is -0.0529. The van der Waals surface area contributed by atoms with Crippen LogP contribution in [0, 0.1) is 0 Å². The number of ether oxygens (including phenoxy) is 3. The molecule has 3 heterocycles. The maximum atomic E-state index is 12.4. The zero-order valence-corrected chi connectivity index (χ0v) is 14.9. The van der Waals surface area contributed by atoms with Gasteiger partial charge in [0, 0.05) is 0 Å². The number of imidazole rings is 1. The van der Waals surface area contributed by atoms with Crippen LogP contribution in [0.2, 0.25) is 0 Å². The van der Waals surface area contributed by atoms with Crippen LogP contribution in [0.25, 0.3) is 11.2 Å². The predicted octanol–water partition coefficient (Wildman–Crippen LogP) is 0.311. The number of nitrogens with zero attached hydrogens (tertiary/aromatic N) is 4. The number of hydrogen-bond acceptors (Lipinski definition) is 9. The van der Waals surface area contributed by atoms with Crippen LogP contribution in [-0.4, -0.2) is 67.7 Å². The summed E-state index contributed by atoms with van der Waals surface area (Å²) < 4.78 is 17.8. The number of fused-ring (bicyclic) bond motifs is 1. The van der Waals surface area contributed by atoms with E-state index in [-0.39, 0.29) is 5.88 Å². The van der Waals surface area contributed by atoms with Crippen molar-refractivity contribution in [1.82, 2.24) is 19.5 Å². The Bertz CT molecular complexity index is 979. The van der Waals surface area contributed by atoms with Crippen molar-refractivity contribution in [3.63, 3.8) is 0 Å². The van der Waals surface area contributed by atoms with Crippen molar-refractivity contribution in [3.05, 3.63) is 48.5 Å². The van der Waals surface area contributed by atoms with E-state index in [1.807, 2.05) is 0 Å². The van der Waals surface area contributed by atoms with Crippen molar-refractivity contribution >= 4 is 17.1 Å². The molecule has 1 aliphatic heterocycles. The smallest absolute Gasteiger partial charge is 0.338 e. The van der Waals surface area contributed by atoms with Crippen molar-refractivity contribution in [2.45, 2.75) is 24.5 Å². The van der Waals surface area contributed by atoms with E-state index in [4.69, 9.17) is 14.2 Å². The maximum Gasteiger partial charge on any atom is 0.338 e. The van der Waals surface area contributed by atoms with Crippen LogP contribution in [0.3, 0.4) is 0 Å². The Balaban J connectivity index is 1.61. The van der Waals surface area contributed by atoms with E-state index < -0.39 is 37.1 Å². The first-order valence-corrected chi connectivity index (χ1v) is 8.56. The van der Waals surface area contributed by atoms with Gasteiger partial charge in [0.15, 0.2) is 23.5 Å². The normalized spacial score (nSPS) is 24.4. The van der Waals surface area contributed by atoms with Crippen LogP contribution in [0.15, 0.2) is 43.0 Å². The minimum absolute atomic E-state index is 0.280. The number of carbonyl (C=O) groups is 1. The lowest BCUT2D eigenvalue weighted by Crippen LogP contribution is -2.37. The van der Waals surface area contributed by atoms with E-state index in [9.17, 15) is 15.0 Å². The fourth-order valence-corrected chi connectivity index (χ4v) is 3.17. The van der Waals surface area contributed by atoms with Crippen molar-refractivity contribution in [1.29, 1.82) is 0 Å². The highest BCUT2D eigenvalue weighted by Crippen LogP contribution is 2.34. The van der Waals surface area contributed by atoms with Gasteiger partial charge in [0.05, 0.1) is 25.6 Å². The summed E-state index contributed by atoms with van der Waals surface area (Å²) in [5, 5.41) is 20.4. The fourth-order valence-electron chi connectivity index (χ4n) is 3.17. The van der Waals surface area contributed by atoms with Gasteiger partial charge in [-0.25, -0.2) is 14.8 Å². The van der Waals surface area contributed by atoms with Gasteiger partial charge in [-0.1, -0.05) is 18.2 Å². The molecule has 0 spiro atoms. The Morgan fingerprint density at radius 3 is 2.75 bits per heavy atom. The monoisotopic (exact) mass is 386 g/mol. The number of aliphatic hydroxyl groups is 2. The standard InChI is InChI=1S/C18H18N4O6/c1-26-16-12-15(19-8-20-16)22(9-21-12)17-13(24)14(11(7-23)27-17)28-18(25)10-5-3-2-4-6-10/h2-6,8-9,11,13-14,17,23-24H,7H2,1H3/t11-,13+,14-,17-/m1/s1. The molecule has 0 amide bonds. The largest absolute Gasteiger partial charge is 0.479 e.